The molecule has 18 heavy (non-hydrogen) atoms. The normalized spacial score (nSPS) is 10.1. The van der Waals surface area contributed by atoms with E-state index in [2.05, 4.69) is 4.98 Å². The third kappa shape index (κ3) is 3.10. The molecule has 0 atom stereocenters. The second-order valence-electron chi connectivity index (χ2n) is 3.56. The van der Waals surface area contributed by atoms with Crippen LogP contribution in [-0.4, -0.2) is 11.0 Å². The average Bonchev–Trinajstić information content (AvgIpc) is 2.36. The quantitative estimate of drug-likeness (QED) is 0.620. The summed E-state index contributed by atoms with van der Waals surface area (Å²) in [6, 6.07) is 10.7. The lowest BCUT2D eigenvalue weighted by molar-refractivity contribution is 0.0471. The molecule has 0 amide bonds. The van der Waals surface area contributed by atoms with Crippen LogP contribution in [0, 0.1) is 11.9 Å². The molecule has 0 saturated carbocycles. The Hall–Kier alpha value is -2.30. The van der Waals surface area contributed by atoms with Gasteiger partial charge in [0.05, 0.1) is 5.56 Å². The summed E-state index contributed by atoms with van der Waals surface area (Å²) in [5.41, 5.74) is 0.594. The Labute approximate surface area is 102 Å². The van der Waals surface area contributed by atoms with Gasteiger partial charge in [-0.05, 0) is 5.56 Å². The lowest BCUT2D eigenvalue weighted by Gasteiger charge is -2.04. The first kappa shape index (κ1) is 12.2. The van der Waals surface area contributed by atoms with Crippen LogP contribution in [0.3, 0.4) is 0 Å². The van der Waals surface area contributed by atoms with Gasteiger partial charge in [-0.3, -0.25) is 0 Å². The van der Waals surface area contributed by atoms with Gasteiger partial charge in [0.1, 0.15) is 6.61 Å². The minimum Gasteiger partial charge on any atom is -0.457 e. The van der Waals surface area contributed by atoms with E-state index >= 15 is 0 Å². The number of carbonyl (C=O) groups is 1. The molecule has 0 N–H and O–H groups in total. The van der Waals surface area contributed by atoms with Crippen LogP contribution < -0.4 is 0 Å². The summed E-state index contributed by atoms with van der Waals surface area (Å²) in [6.07, 6.45) is 0. The van der Waals surface area contributed by atoms with Crippen molar-refractivity contribution in [2.45, 2.75) is 6.61 Å². The summed E-state index contributed by atoms with van der Waals surface area (Å²) in [7, 11) is 0. The zero-order chi connectivity index (χ0) is 13.0. The number of nitrogens with zero attached hydrogens (tertiary/aromatic N) is 1. The van der Waals surface area contributed by atoms with Crippen LogP contribution in [-0.2, 0) is 11.3 Å². The van der Waals surface area contributed by atoms with Crippen molar-refractivity contribution in [2.75, 3.05) is 0 Å². The summed E-state index contributed by atoms with van der Waals surface area (Å²) < 4.78 is 30.5. The molecule has 0 aliphatic carbocycles. The van der Waals surface area contributed by atoms with E-state index in [1.54, 1.807) is 24.3 Å². The number of hydrogen-bond donors (Lipinski definition) is 0. The monoisotopic (exact) mass is 249 g/mol. The number of esters is 1. The van der Waals surface area contributed by atoms with Crippen molar-refractivity contribution in [1.29, 1.82) is 0 Å². The van der Waals surface area contributed by atoms with Crippen LogP contribution in [0.15, 0.2) is 42.5 Å². The van der Waals surface area contributed by atoms with E-state index in [1.165, 1.54) is 0 Å². The number of pyridine rings is 1. The Morgan fingerprint density at radius 1 is 1.11 bits per heavy atom. The number of hydrogen-bond acceptors (Lipinski definition) is 3. The Kier molecular flexibility index (Phi) is 3.62. The maximum atomic E-state index is 12.8. The van der Waals surface area contributed by atoms with Crippen LogP contribution >= 0.6 is 0 Å². The molecule has 0 bridgehead atoms. The predicted octanol–water partition coefficient (Wildman–Crippen LogP) is 2.72. The van der Waals surface area contributed by atoms with E-state index in [1.807, 2.05) is 6.07 Å². The first-order valence-corrected chi connectivity index (χ1v) is 5.19. The maximum Gasteiger partial charge on any atom is 0.338 e. The third-order valence-electron chi connectivity index (χ3n) is 2.21. The topological polar surface area (TPSA) is 39.2 Å². The molecule has 2 rings (SSSR count). The molecule has 0 saturated heterocycles. The molecular formula is C13H9F2NO2. The highest BCUT2D eigenvalue weighted by molar-refractivity contribution is 5.89. The Morgan fingerprint density at radius 2 is 1.72 bits per heavy atom. The van der Waals surface area contributed by atoms with Gasteiger partial charge < -0.3 is 4.74 Å². The highest BCUT2D eigenvalue weighted by Gasteiger charge is 2.11. The number of carbonyl (C=O) groups excluding carboxylic acids is 1. The predicted molar refractivity (Wildman–Crippen MR) is 59.7 cm³/mol. The van der Waals surface area contributed by atoms with E-state index in [9.17, 15) is 13.6 Å². The van der Waals surface area contributed by atoms with Crippen LogP contribution in [0.5, 0.6) is 0 Å². The fourth-order valence-electron chi connectivity index (χ4n) is 1.39. The van der Waals surface area contributed by atoms with Crippen LogP contribution in [0.2, 0.25) is 0 Å². The van der Waals surface area contributed by atoms with Crippen molar-refractivity contribution < 1.29 is 18.3 Å². The van der Waals surface area contributed by atoms with Crippen LogP contribution in [0.4, 0.5) is 8.78 Å². The van der Waals surface area contributed by atoms with E-state index in [4.69, 9.17) is 4.74 Å². The molecule has 0 radical (unpaired) electrons. The lowest BCUT2D eigenvalue weighted by atomic mass is 10.2. The van der Waals surface area contributed by atoms with Crippen molar-refractivity contribution in [3.63, 3.8) is 0 Å². The minimum absolute atomic E-state index is 0.0469. The minimum atomic E-state index is -1.05. The largest absolute Gasteiger partial charge is 0.457 e. The summed E-state index contributed by atoms with van der Waals surface area (Å²) >= 11 is 0. The molecule has 5 heteroatoms. The summed E-state index contributed by atoms with van der Waals surface area (Å²) in [5.74, 6) is -2.90. The Bertz CT molecular complexity index is 538. The zero-order valence-corrected chi connectivity index (χ0v) is 9.27. The molecule has 2 aromatic rings. The average molecular weight is 249 g/mol. The molecule has 0 fully saturated rings. The van der Waals surface area contributed by atoms with Crippen LogP contribution in [0.25, 0.3) is 0 Å². The molecule has 1 aromatic carbocycles. The summed E-state index contributed by atoms with van der Waals surface area (Å²) in [4.78, 5) is 14.4. The zero-order valence-electron chi connectivity index (χ0n) is 9.27. The van der Waals surface area contributed by atoms with Gasteiger partial charge in [-0.2, -0.15) is 13.8 Å². The van der Waals surface area contributed by atoms with Gasteiger partial charge in [0.25, 0.3) is 0 Å². The van der Waals surface area contributed by atoms with Crippen molar-refractivity contribution in [1.82, 2.24) is 4.98 Å². The van der Waals surface area contributed by atoms with Crippen LogP contribution in [0.1, 0.15) is 15.9 Å². The Balaban J connectivity index is 2.04. The maximum absolute atomic E-state index is 12.8. The molecule has 92 valence electrons. The fourth-order valence-corrected chi connectivity index (χ4v) is 1.39. The second-order valence-corrected chi connectivity index (χ2v) is 3.56. The van der Waals surface area contributed by atoms with Gasteiger partial charge in [-0.1, -0.05) is 30.3 Å². The van der Waals surface area contributed by atoms with E-state index in [-0.39, 0.29) is 12.2 Å². The van der Waals surface area contributed by atoms with Crippen molar-refractivity contribution >= 4 is 5.97 Å². The van der Waals surface area contributed by atoms with Crippen molar-refractivity contribution in [3.8, 4) is 0 Å². The second kappa shape index (κ2) is 5.35. The lowest BCUT2D eigenvalue weighted by Crippen LogP contribution is -2.07. The molecule has 0 unspecified atom stereocenters. The summed E-state index contributed by atoms with van der Waals surface area (Å²) in [5, 5.41) is 0. The molecule has 1 aromatic heterocycles. The highest BCUT2D eigenvalue weighted by atomic mass is 19.1. The number of ether oxygens (including phenoxy) is 1. The van der Waals surface area contributed by atoms with Gasteiger partial charge >= 0.3 is 5.97 Å². The van der Waals surface area contributed by atoms with Gasteiger partial charge in [0.15, 0.2) is 0 Å². The molecule has 0 aliphatic heterocycles. The van der Waals surface area contributed by atoms with Gasteiger partial charge in [0.2, 0.25) is 11.9 Å². The molecule has 0 aliphatic rings. The molecule has 0 spiro atoms. The van der Waals surface area contributed by atoms with E-state index in [0.717, 1.165) is 17.7 Å². The Morgan fingerprint density at radius 3 is 2.33 bits per heavy atom. The first-order valence-electron chi connectivity index (χ1n) is 5.19. The third-order valence-corrected chi connectivity index (χ3v) is 2.21. The van der Waals surface area contributed by atoms with Crippen molar-refractivity contribution in [2.24, 2.45) is 0 Å². The SMILES string of the molecule is O=C(OCc1ccccc1)c1cc(F)nc(F)c1. The number of rotatable bonds is 3. The molecule has 3 nitrogen and oxygen atoms in total. The van der Waals surface area contributed by atoms with Gasteiger partial charge in [-0.15, -0.1) is 0 Å². The number of halogens is 2. The number of aromatic nitrogens is 1. The molecule has 1 heterocycles. The molecular weight excluding hydrogens is 240 g/mol. The number of benzene rings is 1. The van der Waals surface area contributed by atoms with E-state index in [0.29, 0.717) is 0 Å². The first-order chi connectivity index (χ1) is 8.65. The van der Waals surface area contributed by atoms with E-state index < -0.39 is 17.9 Å². The van der Waals surface area contributed by atoms with Gasteiger partial charge in [0, 0.05) is 12.1 Å². The highest BCUT2D eigenvalue weighted by Crippen LogP contribution is 2.08. The standard InChI is InChI=1S/C13H9F2NO2/c14-11-6-10(7-12(15)16-11)13(17)18-8-9-4-2-1-3-5-9/h1-7H,8H2. The summed E-state index contributed by atoms with van der Waals surface area (Å²) in [6.45, 7) is 0.0469. The fraction of sp³-hybridized carbons (Fsp3) is 0.0769. The van der Waals surface area contributed by atoms with Gasteiger partial charge in [-0.25, -0.2) is 4.79 Å². The van der Waals surface area contributed by atoms with Crippen molar-refractivity contribution in [3.05, 3.63) is 65.5 Å². The smallest absolute Gasteiger partial charge is 0.338 e.